The number of hydrogen-bond donors (Lipinski definition) is 0. The van der Waals surface area contributed by atoms with Crippen LogP contribution in [0.15, 0.2) is 53.5 Å². The van der Waals surface area contributed by atoms with Crippen molar-refractivity contribution >= 4 is 6.21 Å². The van der Waals surface area contributed by atoms with E-state index in [0.29, 0.717) is 6.61 Å². The zero-order valence-electron chi connectivity index (χ0n) is 14.3. The molecule has 0 unspecified atom stereocenters. The molecule has 0 aromatic heterocycles. The zero-order valence-corrected chi connectivity index (χ0v) is 14.3. The number of aliphatic imine (C=N–C) groups is 1. The molecule has 2 aromatic rings. The molecule has 23 heavy (non-hydrogen) atoms. The Bertz CT molecular complexity index is 601. The molecule has 0 N–H and O–H groups in total. The van der Waals surface area contributed by atoms with Crippen molar-refractivity contribution in [1.29, 1.82) is 0 Å². The summed E-state index contributed by atoms with van der Waals surface area (Å²) < 4.78 is 5.83. The highest BCUT2D eigenvalue weighted by molar-refractivity contribution is 5.79. The molecule has 122 valence electrons. The first-order chi connectivity index (χ1) is 11.3. The largest absolute Gasteiger partial charge is 0.489 e. The van der Waals surface area contributed by atoms with Crippen molar-refractivity contribution in [2.45, 2.75) is 46.1 Å². The highest BCUT2D eigenvalue weighted by Gasteiger charge is 1.97. The summed E-state index contributed by atoms with van der Waals surface area (Å²) in [5, 5.41) is 0. The van der Waals surface area contributed by atoms with Crippen molar-refractivity contribution < 1.29 is 4.74 Å². The lowest BCUT2D eigenvalue weighted by Gasteiger charge is -2.07. The summed E-state index contributed by atoms with van der Waals surface area (Å²) in [5.41, 5.74) is 3.59. The fourth-order valence-electron chi connectivity index (χ4n) is 2.42. The molecule has 0 bridgehead atoms. The van der Waals surface area contributed by atoms with Gasteiger partial charge in [0.15, 0.2) is 0 Å². The second-order valence-electron chi connectivity index (χ2n) is 5.94. The Morgan fingerprint density at radius 1 is 1.00 bits per heavy atom. The van der Waals surface area contributed by atoms with E-state index in [9.17, 15) is 0 Å². The molecule has 0 radical (unpaired) electrons. The zero-order chi connectivity index (χ0) is 16.3. The molecule has 0 aliphatic heterocycles. The number of hydrogen-bond acceptors (Lipinski definition) is 2. The van der Waals surface area contributed by atoms with Crippen molar-refractivity contribution in [3.8, 4) is 5.75 Å². The van der Waals surface area contributed by atoms with Gasteiger partial charge in [0.05, 0.1) is 0 Å². The maximum absolute atomic E-state index is 5.83. The summed E-state index contributed by atoms with van der Waals surface area (Å²) in [5.74, 6) is 0.895. The number of rotatable bonds is 9. The van der Waals surface area contributed by atoms with Gasteiger partial charge in [0.2, 0.25) is 0 Å². The monoisotopic (exact) mass is 309 g/mol. The van der Waals surface area contributed by atoms with Crippen LogP contribution in [0, 0.1) is 6.92 Å². The topological polar surface area (TPSA) is 21.6 Å². The lowest BCUT2D eigenvalue weighted by molar-refractivity contribution is 0.306. The molecule has 0 aliphatic rings. The summed E-state index contributed by atoms with van der Waals surface area (Å²) in [7, 11) is 0. The molecular formula is C21H27NO. The van der Waals surface area contributed by atoms with Crippen LogP contribution in [0.2, 0.25) is 0 Å². The van der Waals surface area contributed by atoms with E-state index < -0.39 is 0 Å². The maximum Gasteiger partial charge on any atom is 0.119 e. The summed E-state index contributed by atoms with van der Waals surface area (Å²) in [6.07, 6.45) is 6.99. The summed E-state index contributed by atoms with van der Waals surface area (Å²) in [6, 6.07) is 16.5. The molecule has 0 spiro atoms. The van der Waals surface area contributed by atoms with E-state index in [-0.39, 0.29) is 0 Å². The van der Waals surface area contributed by atoms with Crippen molar-refractivity contribution in [1.82, 2.24) is 0 Å². The highest BCUT2D eigenvalue weighted by atomic mass is 16.5. The Kier molecular flexibility index (Phi) is 7.38. The third-order valence-corrected chi connectivity index (χ3v) is 3.75. The van der Waals surface area contributed by atoms with E-state index in [0.717, 1.165) is 17.9 Å². The Morgan fingerprint density at radius 2 is 1.83 bits per heavy atom. The molecule has 0 atom stereocenters. The summed E-state index contributed by atoms with van der Waals surface area (Å²) in [4.78, 5) is 4.48. The van der Waals surface area contributed by atoms with Crippen LogP contribution in [0.3, 0.4) is 0 Å². The molecule has 2 aromatic carbocycles. The molecule has 2 rings (SSSR count). The minimum atomic E-state index is 0.604. The molecule has 2 heteroatoms. The van der Waals surface area contributed by atoms with Gasteiger partial charge in [-0.2, -0.15) is 0 Å². The second-order valence-corrected chi connectivity index (χ2v) is 5.94. The fraction of sp³-hybridized carbons (Fsp3) is 0.381. The van der Waals surface area contributed by atoms with E-state index in [4.69, 9.17) is 4.74 Å². The first-order valence-electron chi connectivity index (χ1n) is 8.56. The predicted molar refractivity (Wildman–Crippen MR) is 98.6 cm³/mol. The first kappa shape index (κ1) is 17.3. The fourth-order valence-corrected chi connectivity index (χ4v) is 2.42. The maximum atomic E-state index is 5.83. The minimum absolute atomic E-state index is 0.604. The lowest BCUT2D eigenvalue weighted by atomic mass is 10.1. The summed E-state index contributed by atoms with van der Waals surface area (Å²) >= 11 is 0. The normalized spacial score (nSPS) is 11.0. The molecule has 0 fully saturated rings. The van der Waals surface area contributed by atoms with E-state index in [2.05, 4.69) is 55.2 Å². The van der Waals surface area contributed by atoms with E-state index in [1.165, 1.54) is 36.8 Å². The second kappa shape index (κ2) is 9.83. The van der Waals surface area contributed by atoms with Crippen LogP contribution in [-0.2, 0) is 6.61 Å². The highest BCUT2D eigenvalue weighted by Crippen LogP contribution is 2.14. The Morgan fingerprint density at radius 3 is 2.57 bits per heavy atom. The van der Waals surface area contributed by atoms with Gasteiger partial charge in [-0.25, -0.2) is 0 Å². The van der Waals surface area contributed by atoms with E-state index >= 15 is 0 Å². The van der Waals surface area contributed by atoms with Crippen molar-refractivity contribution in [2.75, 3.05) is 6.54 Å². The average molecular weight is 309 g/mol. The molecule has 0 amide bonds. The van der Waals surface area contributed by atoms with Crippen LogP contribution in [0.4, 0.5) is 0 Å². The van der Waals surface area contributed by atoms with Crippen LogP contribution in [0.1, 0.15) is 49.3 Å². The minimum Gasteiger partial charge on any atom is -0.489 e. The average Bonchev–Trinajstić information content (AvgIpc) is 2.57. The van der Waals surface area contributed by atoms with Crippen molar-refractivity contribution in [2.24, 2.45) is 4.99 Å². The van der Waals surface area contributed by atoms with Crippen LogP contribution < -0.4 is 4.74 Å². The molecular weight excluding hydrogens is 282 g/mol. The van der Waals surface area contributed by atoms with Crippen LogP contribution in [-0.4, -0.2) is 12.8 Å². The van der Waals surface area contributed by atoms with Gasteiger partial charge in [0.1, 0.15) is 12.4 Å². The Balaban J connectivity index is 1.76. The van der Waals surface area contributed by atoms with Gasteiger partial charge in [-0.15, -0.1) is 0 Å². The SMILES string of the molecule is CCCCCC/N=C/c1ccc(OCc2cccc(C)c2)cc1. The van der Waals surface area contributed by atoms with Gasteiger partial charge in [-0.1, -0.05) is 56.0 Å². The van der Waals surface area contributed by atoms with Crippen molar-refractivity contribution in [3.63, 3.8) is 0 Å². The predicted octanol–water partition coefficient (Wildman–Crippen LogP) is 5.57. The number of unbranched alkanes of at least 4 members (excludes halogenated alkanes) is 3. The molecule has 0 saturated carbocycles. The van der Waals surface area contributed by atoms with Crippen molar-refractivity contribution in [3.05, 3.63) is 65.2 Å². The van der Waals surface area contributed by atoms with Crippen LogP contribution in [0.5, 0.6) is 5.75 Å². The lowest BCUT2D eigenvalue weighted by Crippen LogP contribution is -1.95. The molecule has 0 aliphatic carbocycles. The molecule has 0 saturated heterocycles. The van der Waals surface area contributed by atoms with E-state index in [1.54, 1.807) is 0 Å². The number of nitrogens with zero attached hydrogens (tertiary/aromatic N) is 1. The number of benzene rings is 2. The van der Waals surface area contributed by atoms with Crippen LogP contribution >= 0.6 is 0 Å². The summed E-state index contributed by atoms with van der Waals surface area (Å²) in [6.45, 7) is 5.85. The standard InChI is InChI=1S/C21H27NO/c1-3-4-5-6-14-22-16-19-10-12-21(13-11-19)23-17-20-9-7-8-18(2)15-20/h7-13,15-16H,3-6,14,17H2,1-2H3/b22-16+. The van der Waals surface area contributed by atoms with Gasteiger partial charge in [0, 0.05) is 12.8 Å². The number of ether oxygens (including phenoxy) is 1. The molecule has 0 heterocycles. The number of aryl methyl sites for hydroxylation is 1. The quantitative estimate of drug-likeness (QED) is 0.438. The van der Waals surface area contributed by atoms with E-state index in [1.807, 2.05) is 18.3 Å². The van der Waals surface area contributed by atoms with Gasteiger partial charge >= 0.3 is 0 Å². The smallest absolute Gasteiger partial charge is 0.119 e. The van der Waals surface area contributed by atoms with Gasteiger partial charge in [0.25, 0.3) is 0 Å². The van der Waals surface area contributed by atoms with Crippen LogP contribution in [0.25, 0.3) is 0 Å². The first-order valence-corrected chi connectivity index (χ1v) is 8.56. The molecule has 2 nitrogen and oxygen atoms in total. The third kappa shape index (κ3) is 6.68. The Hall–Kier alpha value is -2.09. The third-order valence-electron chi connectivity index (χ3n) is 3.75. The van der Waals surface area contributed by atoms with Gasteiger partial charge in [-0.05, 0) is 48.7 Å². The van der Waals surface area contributed by atoms with Gasteiger partial charge in [-0.3, -0.25) is 4.99 Å². The van der Waals surface area contributed by atoms with Gasteiger partial charge < -0.3 is 4.74 Å². The Labute approximate surface area is 140 Å².